The minimum Gasteiger partial charge on any atom is -0.508 e. The Kier molecular flexibility index (Phi) is 4.51. The van der Waals surface area contributed by atoms with E-state index in [0.29, 0.717) is 12.1 Å². The van der Waals surface area contributed by atoms with E-state index >= 15 is 0 Å². The molecular formula is C13H21NO3. The highest BCUT2D eigenvalue weighted by Gasteiger charge is 2.15. The van der Waals surface area contributed by atoms with Gasteiger partial charge in [-0.15, -0.1) is 0 Å². The highest BCUT2D eigenvalue weighted by Crippen LogP contribution is 2.25. The first kappa shape index (κ1) is 14.0. The second kappa shape index (κ2) is 5.49. The molecule has 0 aliphatic heterocycles. The van der Waals surface area contributed by atoms with Crippen LogP contribution in [-0.4, -0.2) is 20.9 Å². The molecule has 96 valence electrons. The molecule has 0 spiro atoms. The average Bonchev–Trinajstić information content (AvgIpc) is 2.25. The highest BCUT2D eigenvalue weighted by molar-refractivity contribution is 5.44. The summed E-state index contributed by atoms with van der Waals surface area (Å²) in [6, 6.07) is 3.17. The predicted molar refractivity (Wildman–Crippen MR) is 66.5 cm³/mol. The van der Waals surface area contributed by atoms with E-state index in [0.717, 1.165) is 11.1 Å². The van der Waals surface area contributed by atoms with Crippen molar-refractivity contribution < 1.29 is 15.3 Å². The molecule has 0 amide bonds. The molecule has 4 N–H and O–H groups in total. The van der Waals surface area contributed by atoms with Crippen molar-refractivity contribution in [3.8, 4) is 5.75 Å². The predicted octanol–water partition coefficient (Wildman–Crippen LogP) is 1.26. The molecular weight excluding hydrogens is 218 g/mol. The van der Waals surface area contributed by atoms with Crippen molar-refractivity contribution >= 4 is 0 Å². The number of benzene rings is 1. The normalized spacial score (nSPS) is 11.8. The Labute approximate surface area is 102 Å². The monoisotopic (exact) mass is 239 g/mol. The maximum Gasteiger partial charge on any atom is 0.121 e. The Balaban J connectivity index is 3.05. The fourth-order valence-corrected chi connectivity index (χ4v) is 1.63. The third kappa shape index (κ3) is 3.70. The van der Waals surface area contributed by atoms with Crippen LogP contribution in [0.1, 0.15) is 37.5 Å². The number of aliphatic hydroxyl groups is 2. The van der Waals surface area contributed by atoms with E-state index < -0.39 is 0 Å². The van der Waals surface area contributed by atoms with E-state index in [1.165, 1.54) is 6.07 Å². The van der Waals surface area contributed by atoms with Gasteiger partial charge in [-0.2, -0.15) is 0 Å². The largest absolute Gasteiger partial charge is 0.508 e. The number of hydrogen-bond acceptors (Lipinski definition) is 4. The molecule has 17 heavy (non-hydrogen) atoms. The summed E-state index contributed by atoms with van der Waals surface area (Å²) in [5.41, 5.74) is 1.91. The third-order valence-electron chi connectivity index (χ3n) is 2.63. The molecule has 4 nitrogen and oxygen atoms in total. The fourth-order valence-electron chi connectivity index (χ4n) is 1.63. The molecule has 4 heteroatoms. The van der Waals surface area contributed by atoms with Crippen LogP contribution in [0.2, 0.25) is 0 Å². The standard InChI is InChI=1S/C13H21NO3/c1-13(2,3)14-6-10-9(7-15)4-5-12(17)11(10)8-16/h4-5,14-17H,6-8H2,1-3H3. The highest BCUT2D eigenvalue weighted by atomic mass is 16.3. The molecule has 0 aliphatic carbocycles. The number of rotatable bonds is 4. The molecule has 0 saturated carbocycles. The molecule has 1 rings (SSSR count). The van der Waals surface area contributed by atoms with Gasteiger partial charge in [-0.05, 0) is 38.0 Å². The van der Waals surface area contributed by atoms with Gasteiger partial charge in [0.05, 0.1) is 13.2 Å². The van der Waals surface area contributed by atoms with Gasteiger partial charge in [-0.1, -0.05) is 6.07 Å². The third-order valence-corrected chi connectivity index (χ3v) is 2.63. The molecule has 0 bridgehead atoms. The van der Waals surface area contributed by atoms with Crippen LogP contribution >= 0.6 is 0 Å². The zero-order chi connectivity index (χ0) is 13.1. The summed E-state index contributed by atoms with van der Waals surface area (Å²) in [6.07, 6.45) is 0. The van der Waals surface area contributed by atoms with Crippen molar-refractivity contribution in [3.63, 3.8) is 0 Å². The van der Waals surface area contributed by atoms with Crippen LogP contribution in [0.25, 0.3) is 0 Å². The van der Waals surface area contributed by atoms with Crippen molar-refractivity contribution in [1.29, 1.82) is 0 Å². The van der Waals surface area contributed by atoms with E-state index in [2.05, 4.69) is 5.32 Å². The number of phenols is 1. The van der Waals surface area contributed by atoms with Crippen molar-refractivity contribution in [2.75, 3.05) is 0 Å². The minimum absolute atomic E-state index is 0.0646. The molecule has 0 aliphatic rings. The van der Waals surface area contributed by atoms with Gasteiger partial charge in [0.15, 0.2) is 0 Å². The van der Waals surface area contributed by atoms with Crippen LogP contribution in [0.3, 0.4) is 0 Å². The lowest BCUT2D eigenvalue weighted by Gasteiger charge is -2.23. The van der Waals surface area contributed by atoms with Crippen LogP contribution in [0.15, 0.2) is 12.1 Å². The van der Waals surface area contributed by atoms with Crippen LogP contribution in [0.5, 0.6) is 5.75 Å². The first-order chi connectivity index (χ1) is 7.89. The topological polar surface area (TPSA) is 72.7 Å². The second-order valence-electron chi connectivity index (χ2n) is 5.12. The van der Waals surface area contributed by atoms with E-state index in [1.807, 2.05) is 20.8 Å². The Morgan fingerprint density at radius 1 is 1.06 bits per heavy atom. The SMILES string of the molecule is CC(C)(C)NCc1c(CO)ccc(O)c1CO. The van der Waals surface area contributed by atoms with Crippen LogP contribution in [-0.2, 0) is 19.8 Å². The molecule has 0 atom stereocenters. The number of hydrogen-bond donors (Lipinski definition) is 4. The van der Waals surface area contributed by atoms with Crippen LogP contribution in [0.4, 0.5) is 0 Å². The Bertz CT molecular complexity index is 383. The Morgan fingerprint density at radius 3 is 2.18 bits per heavy atom. The summed E-state index contributed by atoms with van der Waals surface area (Å²) in [5, 5.41) is 31.5. The van der Waals surface area contributed by atoms with Crippen molar-refractivity contribution in [1.82, 2.24) is 5.32 Å². The summed E-state index contributed by atoms with van der Waals surface area (Å²) in [7, 11) is 0. The Morgan fingerprint density at radius 2 is 1.71 bits per heavy atom. The summed E-state index contributed by atoms with van der Waals surface area (Å²) >= 11 is 0. The first-order valence-corrected chi connectivity index (χ1v) is 5.68. The maximum atomic E-state index is 9.67. The van der Waals surface area contributed by atoms with E-state index in [-0.39, 0.29) is 24.5 Å². The molecule has 0 saturated heterocycles. The van der Waals surface area contributed by atoms with Gasteiger partial charge >= 0.3 is 0 Å². The van der Waals surface area contributed by atoms with Gasteiger partial charge in [0.2, 0.25) is 0 Å². The van der Waals surface area contributed by atoms with Crippen molar-refractivity contribution in [2.24, 2.45) is 0 Å². The molecule has 0 heterocycles. The van der Waals surface area contributed by atoms with Gasteiger partial charge in [-0.25, -0.2) is 0 Å². The lowest BCUT2D eigenvalue weighted by Crippen LogP contribution is -2.35. The van der Waals surface area contributed by atoms with Gasteiger partial charge in [0, 0.05) is 17.6 Å². The smallest absolute Gasteiger partial charge is 0.121 e. The zero-order valence-corrected chi connectivity index (χ0v) is 10.6. The first-order valence-electron chi connectivity index (χ1n) is 5.68. The minimum atomic E-state index is -0.235. The average molecular weight is 239 g/mol. The van der Waals surface area contributed by atoms with Crippen molar-refractivity contribution in [3.05, 3.63) is 28.8 Å². The van der Waals surface area contributed by atoms with Crippen LogP contribution < -0.4 is 5.32 Å². The molecule has 0 unspecified atom stereocenters. The van der Waals surface area contributed by atoms with E-state index in [4.69, 9.17) is 0 Å². The molecule has 0 radical (unpaired) electrons. The van der Waals surface area contributed by atoms with Gasteiger partial charge < -0.3 is 20.6 Å². The van der Waals surface area contributed by atoms with E-state index in [1.54, 1.807) is 6.07 Å². The zero-order valence-electron chi connectivity index (χ0n) is 10.6. The van der Waals surface area contributed by atoms with Crippen molar-refractivity contribution in [2.45, 2.75) is 46.1 Å². The molecule has 1 aromatic carbocycles. The molecule has 0 aromatic heterocycles. The van der Waals surface area contributed by atoms with Crippen LogP contribution in [0, 0.1) is 0 Å². The summed E-state index contributed by atoms with van der Waals surface area (Å²) in [6.45, 7) is 6.27. The Hall–Kier alpha value is -1.10. The summed E-state index contributed by atoms with van der Waals surface area (Å²) < 4.78 is 0. The second-order valence-corrected chi connectivity index (χ2v) is 5.12. The lowest BCUT2D eigenvalue weighted by molar-refractivity contribution is 0.266. The van der Waals surface area contributed by atoms with Gasteiger partial charge in [0.1, 0.15) is 5.75 Å². The van der Waals surface area contributed by atoms with Gasteiger partial charge in [-0.3, -0.25) is 0 Å². The molecule has 0 fully saturated rings. The quantitative estimate of drug-likeness (QED) is 0.638. The lowest BCUT2D eigenvalue weighted by atomic mass is 9.99. The number of aromatic hydroxyl groups is 1. The van der Waals surface area contributed by atoms with E-state index in [9.17, 15) is 15.3 Å². The van der Waals surface area contributed by atoms with Gasteiger partial charge in [0.25, 0.3) is 0 Å². The number of nitrogens with one attached hydrogen (secondary N) is 1. The summed E-state index contributed by atoms with van der Waals surface area (Å²) in [4.78, 5) is 0. The molecule has 1 aromatic rings. The number of aliphatic hydroxyl groups excluding tert-OH is 2. The fraction of sp³-hybridized carbons (Fsp3) is 0.538. The maximum absolute atomic E-state index is 9.67. The summed E-state index contributed by atoms with van der Waals surface area (Å²) in [5.74, 6) is 0.0652.